The highest BCUT2D eigenvalue weighted by molar-refractivity contribution is 6.35. The van der Waals surface area contributed by atoms with Crippen molar-refractivity contribution in [1.82, 2.24) is 9.55 Å². The maximum Gasteiger partial charge on any atom is 0.268 e. The molecule has 1 aliphatic heterocycles. The number of rotatable bonds is 3. The van der Waals surface area contributed by atoms with Crippen LogP contribution in [0.3, 0.4) is 0 Å². The van der Waals surface area contributed by atoms with Gasteiger partial charge < -0.3 is 4.57 Å². The van der Waals surface area contributed by atoms with E-state index in [4.69, 9.17) is 0 Å². The van der Waals surface area contributed by atoms with Crippen LogP contribution in [0.5, 0.6) is 0 Å². The van der Waals surface area contributed by atoms with E-state index in [-0.39, 0.29) is 11.8 Å². The second-order valence-electron chi connectivity index (χ2n) is 9.22. The third-order valence-electron chi connectivity index (χ3n) is 6.82. The normalized spacial score (nSPS) is 11.9. The van der Waals surface area contributed by atoms with Gasteiger partial charge in [-0.15, -0.1) is 6.58 Å². The Labute approximate surface area is 240 Å². The fourth-order valence-electron chi connectivity index (χ4n) is 5.21. The number of hydrogen-bond donors (Lipinski definition) is 0. The van der Waals surface area contributed by atoms with Gasteiger partial charge in [0.05, 0.1) is 33.5 Å². The van der Waals surface area contributed by atoms with Gasteiger partial charge in [0.1, 0.15) is 0 Å². The summed E-state index contributed by atoms with van der Waals surface area (Å²) in [4.78, 5) is 32.7. The lowest BCUT2D eigenvalue weighted by Gasteiger charge is -2.14. The zero-order valence-corrected chi connectivity index (χ0v) is 23.4. The number of imide groups is 1. The molecule has 0 bridgehead atoms. The molecule has 5 nitrogen and oxygen atoms in total. The van der Waals surface area contributed by atoms with Gasteiger partial charge in [-0.1, -0.05) is 80.6 Å². The number of carbonyl (C=O) groups is 2. The highest BCUT2D eigenvalue weighted by Crippen LogP contribution is 2.38. The van der Waals surface area contributed by atoms with E-state index in [2.05, 4.69) is 46.5 Å². The second-order valence-corrected chi connectivity index (χ2v) is 9.22. The van der Waals surface area contributed by atoms with Gasteiger partial charge in [0.15, 0.2) is 0 Å². The minimum atomic E-state index is -0.314. The average Bonchev–Trinajstić information content (AvgIpc) is 3.50. The number of hydrogen-bond acceptors (Lipinski definition) is 3. The molecule has 3 heterocycles. The summed E-state index contributed by atoms with van der Waals surface area (Å²) in [5.41, 5.74) is 6.06. The molecule has 6 aromatic rings. The van der Waals surface area contributed by atoms with Crippen LogP contribution in [0, 0.1) is 0 Å². The summed E-state index contributed by atoms with van der Waals surface area (Å²) in [7, 11) is 0. The molecular formula is C36H31N3O2. The first kappa shape index (κ1) is 27.3. The number of aromatic nitrogens is 2. The van der Waals surface area contributed by atoms with E-state index in [1.165, 1.54) is 4.90 Å². The van der Waals surface area contributed by atoms with Crippen molar-refractivity contribution in [3.8, 4) is 16.8 Å². The third-order valence-corrected chi connectivity index (χ3v) is 6.82. The second kappa shape index (κ2) is 11.8. The largest absolute Gasteiger partial charge is 0.308 e. The van der Waals surface area contributed by atoms with Crippen LogP contribution < -0.4 is 4.90 Å². The van der Waals surface area contributed by atoms with E-state index in [1.54, 1.807) is 30.5 Å². The summed E-state index contributed by atoms with van der Waals surface area (Å²) in [6.07, 6.45) is 5.35. The lowest BCUT2D eigenvalue weighted by atomic mass is 10.0. The van der Waals surface area contributed by atoms with E-state index in [1.807, 2.05) is 81.6 Å². The Balaban J connectivity index is 0.000000636. The fourth-order valence-corrected chi connectivity index (χ4v) is 5.21. The van der Waals surface area contributed by atoms with Crippen molar-refractivity contribution in [1.29, 1.82) is 0 Å². The van der Waals surface area contributed by atoms with E-state index in [0.717, 1.165) is 32.9 Å². The van der Waals surface area contributed by atoms with Crippen molar-refractivity contribution in [3.05, 3.63) is 139 Å². The molecule has 0 fully saturated rings. The smallest absolute Gasteiger partial charge is 0.268 e. The molecule has 5 heteroatoms. The Morgan fingerprint density at radius 1 is 0.707 bits per heavy atom. The minimum absolute atomic E-state index is 0.306. The van der Waals surface area contributed by atoms with E-state index < -0.39 is 0 Å². The van der Waals surface area contributed by atoms with Crippen LogP contribution in [0.4, 0.5) is 5.69 Å². The molecule has 202 valence electrons. The van der Waals surface area contributed by atoms with Crippen LogP contribution >= 0.6 is 0 Å². The van der Waals surface area contributed by atoms with Gasteiger partial charge in [-0.25, -0.2) is 4.90 Å². The van der Waals surface area contributed by atoms with Gasteiger partial charge in [-0.05, 0) is 55.0 Å². The highest BCUT2D eigenvalue weighted by atomic mass is 16.2. The first-order valence-corrected chi connectivity index (χ1v) is 13.7. The lowest BCUT2D eigenvalue weighted by molar-refractivity contribution is 0.0926. The summed E-state index contributed by atoms with van der Waals surface area (Å²) in [5, 5.41) is 2.16. The van der Waals surface area contributed by atoms with Crippen LogP contribution in [0.1, 0.15) is 41.5 Å². The number of carbonyl (C=O) groups excluding carboxylic acids is 2. The van der Waals surface area contributed by atoms with Crippen LogP contribution in [0.2, 0.25) is 0 Å². The van der Waals surface area contributed by atoms with Crippen molar-refractivity contribution in [2.45, 2.75) is 20.8 Å². The zero-order valence-electron chi connectivity index (χ0n) is 23.4. The molecule has 7 rings (SSSR count). The Bertz CT molecular complexity index is 1870. The number of allylic oxidation sites excluding steroid dienone is 1. The van der Waals surface area contributed by atoms with E-state index in [0.29, 0.717) is 22.5 Å². The number of anilines is 1. The Kier molecular flexibility index (Phi) is 7.88. The summed E-state index contributed by atoms with van der Waals surface area (Å²) < 4.78 is 2.10. The molecule has 2 amide bonds. The predicted octanol–water partition coefficient (Wildman–Crippen LogP) is 8.86. The molecule has 0 aliphatic carbocycles. The van der Waals surface area contributed by atoms with Crippen molar-refractivity contribution >= 4 is 39.3 Å². The summed E-state index contributed by atoms with van der Waals surface area (Å²) >= 11 is 0. The number of fused-ring (bicyclic) bond motifs is 4. The van der Waals surface area contributed by atoms with Crippen LogP contribution in [-0.2, 0) is 0 Å². The van der Waals surface area contributed by atoms with Gasteiger partial charge in [0, 0.05) is 28.7 Å². The molecule has 0 radical (unpaired) electrons. The fraction of sp³-hybridized carbons (Fsp3) is 0.0833. The number of nitrogens with zero attached hydrogens (tertiary/aromatic N) is 3. The van der Waals surface area contributed by atoms with E-state index >= 15 is 0 Å². The molecular weight excluding hydrogens is 506 g/mol. The first-order chi connectivity index (χ1) is 20.1. The lowest BCUT2D eigenvalue weighted by Crippen LogP contribution is -2.29. The summed E-state index contributed by atoms with van der Waals surface area (Å²) in [6.45, 7) is 9.25. The van der Waals surface area contributed by atoms with E-state index in [9.17, 15) is 9.59 Å². The molecule has 1 aliphatic rings. The van der Waals surface area contributed by atoms with Crippen molar-refractivity contribution in [2.75, 3.05) is 4.90 Å². The molecule has 0 atom stereocenters. The SMILES string of the molecule is C=CC.CC.O=C1c2cccc(-n3c4ccccc4c4ccc(-c5cccnc5)cc43)c2C(=O)N1c1ccccc1. The maximum atomic E-state index is 13.8. The van der Waals surface area contributed by atoms with Crippen molar-refractivity contribution in [2.24, 2.45) is 0 Å². The number of amides is 2. The Morgan fingerprint density at radius 2 is 1.41 bits per heavy atom. The van der Waals surface area contributed by atoms with Gasteiger partial charge in [-0.3, -0.25) is 14.6 Å². The molecule has 2 aromatic heterocycles. The molecule has 4 aromatic carbocycles. The topological polar surface area (TPSA) is 55.2 Å². The monoisotopic (exact) mass is 537 g/mol. The molecule has 41 heavy (non-hydrogen) atoms. The molecule has 0 saturated heterocycles. The Hall–Kier alpha value is -5.29. The highest BCUT2D eigenvalue weighted by Gasteiger charge is 2.39. The van der Waals surface area contributed by atoms with Gasteiger partial charge in [0.2, 0.25) is 0 Å². The Morgan fingerprint density at radius 3 is 2.15 bits per heavy atom. The molecule has 0 N–H and O–H groups in total. The zero-order chi connectivity index (χ0) is 28.9. The summed E-state index contributed by atoms with van der Waals surface area (Å²) in [5.74, 6) is -0.619. The summed E-state index contributed by atoms with van der Waals surface area (Å²) in [6, 6.07) is 33.0. The maximum absolute atomic E-state index is 13.8. The van der Waals surface area contributed by atoms with Gasteiger partial charge in [0.25, 0.3) is 11.8 Å². The van der Waals surface area contributed by atoms with Crippen LogP contribution in [-0.4, -0.2) is 21.4 Å². The number of benzene rings is 4. The number of pyridine rings is 1. The van der Waals surface area contributed by atoms with Crippen molar-refractivity contribution in [3.63, 3.8) is 0 Å². The average molecular weight is 538 g/mol. The predicted molar refractivity (Wildman–Crippen MR) is 169 cm³/mol. The molecule has 0 saturated carbocycles. The minimum Gasteiger partial charge on any atom is -0.308 e. The van der Waals surface area contributed by atoms with Crippen molar-refractivity contribution < 1.29 is 9.59 Å². The van der Waals surface area contributed by atoms with Crippen LogP contribution in [0.25, 0.3) is 38.6 Å². The number of para-hydroxylation sites is 2. The third kappa shape index (κ3) is 4.72. The molecule has 0 spiro atoms. The van der Waals surface area contributed by atoms with Gasteiger partial charge in [-0.2, -0.15) is 0 Å². The van der Waals surface area contributed by atoms with Crippen LogP contribution in [0.15, 0.2) is 128 Å². The van der Waals surface area contributed by atoms with Gasteiger partial charge >= 0.3 is 0 Å². The quantitative estimate of drug-likeness (QED) is 0.167. The molecule has 0 unspecified atom stereocenters. The first-order valence-electron chi connectivity index (χ1n) is 13.7. The standard InChI is InChI=1S/C31H19N3O2.C3H6.C2H6/c35-30-25-12-6-14-27(29(25)31(36)33(30)22-9-2-1-3-10-22)34-26-13-5-4-11-23(26)24-16-15-20(18-28(24)34)21-8-7-17-32-19-21;1-3-2;1-2/h1-19H;3H,1H2,2H3;1-2H3.